The van der Waals surface area contributed by atoms with E-state index in [0.717, 1.165) is 32.4 Å². The number of fused-ring (bicyclic) bond motifs is 1. The molecule has 3 rings (SSSR count). The summed E-state index contributed by atoms with van der Waals surface area (Å²) in [7, 11) is 0. The molecular formula is C14H18N4O3. The normalized spacial score (nSPS) is 21.3. The average molecular weight is 290 g/mol. The monoisotopic (exact) mass is 290 g/mol. The molecule has 7 nitrogen and oxygen atoms in total. The van der Waals surface area contributed by atoms with Gasteiger partial charge in [0.1, 0.15) is 5.69 Å². The molecule has 21 heavy (non-hydrogen) atoms. The average Bonchev–Trinajstić information content (AvgIpc) is 2.62. The van der Waals surface area contributed by atoms with Gasteiger partial charge in [-0.2, -0.15) is 0 Å². The van der Waals surface area contributed by atoms with Gasteiger partial charge in [0.2, 0.25) is 5.91 Å². The number of carbonyl (C=O) groups excluding carboxylic acids is 1. The molecule has 0 saturated carbocycles. The van der Waals surface area contributed by atoms with E-state index in [9.17, 15) is 14.9 Å². The summed E-state index contributed by atoms with van der Waals surface area (Å²) >= 11 is 0. The summed E-state index contributed by atoms with van der Waals surface area (Å²) in [6, 6.07) is 3.41. The van der Waals surface area contributed by atoms with Crippen LogP contribution >= 0.6 is 0 Å². The quantitative estimate of drug-likeness (QED) is 0.581. The molecule has 0 aliphatic carbocycles. The molecule has 0 spiro atoms. The first-order valence-corrected chi connectivity index (χ1v) is 7.22. The Morgan fingerprint density at radius 1 is 1.29 bits per heavy atom. The van der Waals surface area contributed by atoms with Crippen LogP contribution in [0.3, 0.4) is 0 Å². The number of hydrogen-bond donors (Lipinski definition) is 3. The number of nitrogens with zero attached hydrogens (tertiary/aromatic N) is 1. The van der Waals surface area contributed by atoms with Crippen LogP contribution in [-0.4, -0.2) is 30.0 Å². The number of rotatable bonds is 3. The second kappa shape index (κ2) is 5.69. The Labute approximate surface area is 122 Å². The highest BCUT2D eigenvalue weighted by Gasteiger charge is 2.25. The van der Waals surface area contributed by atoms with E-state index in [1.54, 1.807) is 6.07 Å². The molecule has 0 aromatic heterocycles. The number of nitro benzene ring substituents is 1. The van der Waals surface area contributed by atoms with E-state index in [4.69, 9.17) is 0 Å². The fraction of sp³-hybridized carbons (Fsp3) is 0.500. The Balaban J connectivity index is 1.87. The SMILES string of the molecule is O=C1Cc2cc([N+](=O)[O-])c(NC3CCCNCC3)cc2N1. The van der Waals surface area contributed by atoms with Gasteiger partial charge in [-0.1, -0.05) is 0 Å². The second-order valence-corrected chi connectivity index (χ2v) is 5.53. The van der Waals surface area contributed by atoms with Gasteiger partial charge >= 0.3 is 0 Å². The maximum atomic E-state index is 11.4. The van der Waals surface area contributed by atoms with Gasteiger partial charge < -0.3 is 16.0 Å². The predicted molar refractivity (Wildman–Crippen MR) is 79.6 cm³/mol. The number of hydrogen-bond acceptors (Lipinski definition) is 5. The first-order valence-electron chi connectivity index (χ1n) is 7.22. The zero-order valence-corrected chi connectivity index (χ0v) is 11.6. The highest BCUT2D eigenvalue weighted by atomic mass is 16.6. The molecule has 1 fully saturated rings. The molecular weight excluding hydrogens is 272 g/mol. The van der Waals surface area contributed by atoms with Gasteiger partial charge in [-0.05, 0) is 44.0 Å². The molecule has 1 unspecified atom stereocenters. The minimum absolute atomic E-state index is 0.0439. The molecule has 2 heterocycles. The number of amides is 1. The van der Waals surface area contributed by atoms with Gasteiger partial charge in [0, 0.05) is 17.8 Å². The van der Waals surface area contributed by atoms with Crippen LogP contribution in [0.5, 0.6) is 0 Å². The smallest absolute Gasteiger partial charge is 0.292 e. The number of nitrogens with one attached hydrogen (secondary N) is 3. The van der Waals surface area contributed by atoms with Crippen molar-refractivity contribution in [2.24, 2.45) is 0 Å². The Morgan fingerprint density at radius 2 is 2.14 bits per heavy atom. The number of nitro groups is 1. The van der Waals surface area contributed by atoms with E-state index in [0.29, 0.717) is 16.9 Å². The topological polar surface area (TPSA) is 96.3 Å². The molecule has 2 aliphatic rings. The number of carbonyl (C=O) groups is 1. The van der Waals surface area contributed by atoms with Gasteiger partial charge in [-0.3, -0.25) is 14.9 Å². The lowest BCUT2D eigenvalue weighted by molar-refractivity contribution is -0.384. The minimum Gasteiger partial charge on any atom is -0.377 e. The minimum atomic E-state index is -0.389. The Hall–Kier alpha value is -2.15. The van der Waals surface area contributed by atoms with Crippen LogP contribution in [0.1, 0.15) is 24.8 Å². The van der Waals surface area contributed by atoms with E-state index in [-0.39, 0.29) is 29.0 Å². The molecule has 112 valence electrons. The van der Waals surface area contributed by atoms with Gasteiger partial charge in [-0.15, -0.1) is 0 Å². The first-order chi connectivity index (χ1) is 10.1. The van der Waals surface area contributed by atoms with Crippen molar-refractivity contribution in [3.8, 4) is 0 Å². The highest BCUT2D eigenvalue weighted by molar-refractivity contribution is 6.00. The summed E-state index contributed by atoms with van der Waals surface area (Å²) in [5.74, 6) is -0.116. The number of anilines is 2. The summed E-state index contributed by atoms with van der Waals surface area (Å²) in [5.41, 5.74) is 1.91. The van der Waals surface area contributed by atoms with E-state index in [2.05, 4.69) is 16.0 Å². The zero-order valence-electron chi connectivity index (χ0n) is 11.6. The van der Waals surface area contributed by atoms with E-state index in [1.165, 1.54) is 6.07 Å². The molecule has 0 bridgehead atoms. The van der Waals surface area contributed by atoms with Crippen LogP contribution in [0, 0.1) is 10.1 Å². The van der Waals surface area contributed by atoms with E-state index < -0.39 is 0 Å². The van der Waals surface area contributed by atoms with Crippen molar-refractivity contribution >= 4 is 23.0 Å². The Morgan fingerprint density at radius 3 is 2.95 bits per heavy atom. The third-order valence-electron chi connectivity index (χ3n) is 3.98. The van der Waals surface area contributed by atoms with Crippen LogP contribution in [0.15, 0.2) is 12.1 Å². The van der Waals surface area contributed by atoms with Crippen LogP contribution in [0.25, 0.3) is 0 Å². The van der Waals surface area contributed by atoms with Crippen molar-refractivity contribution in [1.82, 2.24) is 5.32 Å². The third kappa shape index (κ3) is 2.97. The molecule has 3 N–H and O–H groups in total. The maximum Gasteiger partial charge on any atom is 0.292 e. The lowest BCUT2D eigenvalue weighted by Crippen LogP contribution is -2.22. The molecule has 1 amide bonds. The van der Waals surface area contributed by atoms with Gasteiger partial charge in [0.05, 0.1) is 11.3 Å². The Kier molecular flexibility index (Phi) is 3.74. The largest absolute Gasteiger partial charge is 0.377 e. The van der Waals surface area contributed by atoms with Gasteiger partial charge in [0.15, 0.2) is 0 Å². The fourth-order valence-electron chi connectivity index (χ4n) is 2.91. The molecule has 1 aromatic carbocycles. The highest BCUT2D eigenvalue weighted by Crippen LogP contribution is 2.35. The number of benzene rings is 1. The van der Waals surface area contributed by atoms with E-state index in [1.807, 2.05) is 0 Å². The lowest BCUT2D eigenvalue weighted by Gasteiger charge is -2.18. The van der Waals surface area contributed by atoms with Gasteiger partial charge in [-0.25, -0.2) is 0 Å². The lowest BCUT2D eigenvalue weighted by atomic mass is 10.1. The first kappa shape index (κ1) is 13.8. The van der Waals surface area contributed by atoms with Crippen molar-refractivity contribution in [3.05, 3.63) is 27.8 Å². The predicted octanol–water partition coefficient (Wildman–Crippen LogP) is 1.64. The summed E-state index contributed by atoms with van der Waals surface area (Å²) in [4.78, 5) is 22.3. The van der Waals surface area contributed by atoms with Crippen LogP contribution < -0.4 is 16.0 Å². The second-order valence-electron chi connectivity index (χ2n) is 5.53. The van der Waals surface area contributed by atoms with Crippen LogP contribution in [-0.2, 0) is 11.2 Å². The van der Waals surface area contributed by atoms with Crippen molar-refractivity contribution in [2.45, 2.75) is 31.7 Å². The van der Waals surface area contributed by atoms with Crippen molar-refractivity contribution < 1.29 is 9.72 Å². The fourth-order valence-corrected chi connectivity index (χ4v) is 2.91. The molecule has 0 radical (unpaired) electrons. The van der Waals surface area contributed by atoms with Crippen molar-refractivity contribution in [2.75, 3.05) is 23.7 Å². The van der Waals surface area contributed by atoms with Crippen molar-refractivity contribution in [3.63, 3.8) is 0 Å². The standard InChI is InChI=1S/C14H18N4O3/c19-14-7-9-6-13(18(20)21)12(8-11(9)17-14)16-10-2-1-4-15-5-3-10/h6,8,10,15-16H,1-5,7H2,(H,17,19). The molecule has 2 aliphatic heterocycles. The van der Waals surface area contributed by atoms with Gasteiger partial charge in [0.25, 0.3) is 5.69 Å². The van der Waals surface area contributed by atoms with Crippen LogP contribution in [0.4, 0.5) is 17.1 Å². The molecule has 1 atom stereocenters. The third-order valence-corrected chi connectivity index (χ3v) is 3.98. The summed E-state index contributed by atoms with van der Waals surface area (Å²) in [5, 5.41) is 20.6. The van der Waals surface area contributed by atoms with Crippen molar-refractivity contribution in [1.29, 1.82) is 0 Å². The Bertz CT molecular complexity index is 580. The molecule has 1 saturated heterocycles. The summed E-state index contributed by atoms with van der Waals surface area (Å²) in [6.07, 6.45) is 3.17. The summed E-state index contributed by atoms with van der Waals surface area (Å²) in [6.45, 7) is 1.90. The molecule has 1 aromatic rings. The maximum absolute atomic E-state index is 11.4. The molecule has 7 heteroatoms. The zero-order chi connectivity index (χ0) is 14.8. The van der Waals surface area contributed by atoms with E-state index >= 15 is 0 Å². The van der Waals surface area contributed by atoms with Crippen LogP contribution in [0.2, 0.25) is 0 Å². The summed E-state index contributed by atoms with van der Waals surface area (Å²) < 4.78 is 0.